The molecule has 8 nitrogen and oxygen atoms in total. The van der Waals surface area contributed by atoms with Gasteiger partial charge in [-0.2, -0.15) is 15.1 Å². The zero-order valence-electron chi connectivity index (χ0n) is 16.4. The second kappa shape index (κ2) is 7.03. The summed E-state index contributed by atoms with van der Waals surface area (Å²) in [5.74, 6) is 1.35. The molecule has 0 saturated heterocycles. The van der Waals surface area contributed by atoms with Crippen LogP contribution in [0.2, 0.25) is 0 Å². The first-order valence-electron chi connectivity index (χ1n) is 9.55. The molecule has 0 amide bonds. The number of fused-ring (bicyclic) bond motifs is 1. The summed E-state index contributed by atoms with van der Waals surface area (Å²) < 4.78 is 0. The Morgan fingerprint density at radius 1 is 1.18 bits per heavy atom. The minimum absolute atomic E-state index is 0.0454. The highest BCUT2D eigenvalue weighted by Gasteiger charge is 2.43. The molecule has 3 heterocycles. The number of nitrogens with zero attached hydrogens (tertiary/aromatic N) is 5. The molecular weight excluding hydrogens is 352 g/mol. The summed E-state index contributed by atoms with van der Waals surface area (Å²) in [7, 11) is 0. The van der Waals surface area contributed by atoms with Crippen molar-refractivity contribution in [2.24, 2.45) is 0 Å². The van der Waals surface area contributed by atoms with Crippen molar-refractivity contribution in [3.8, 4) is 0 Å². The Balaban J connectivity index is 1.93. The van der Waals surface area contributed by atoms with Crippen LogP contribution >= 0.6 is 0 Å². The van der Waals surface area contributed by atoms with Gasteiger partial charge in [0.25, 0.3) is 0 Å². The molecule has 0 fully saturated rings. The van der Waals surface area contributed by atoms with Crippen LogP contribution in [-0.2, 0) is 0 Å². The van der Waals surface area contributed by atoms with E-state index in [0.29, 0.717) is 5.82 Å². The molecule has 4 rings (SSSR count). The van der Waals surface area contributed by atoms with E-state index in [1.807, 2.05) is 24.4 Å². The number of benzene rings is 1. The molecule has 0 saturated carbocycles. The second-order valence-corrected chi connectivity index (χ2v) is 7.17. The second-order valence-electron chi connectivity index (χ2n) is 7.17. The van der Waals surface area contributed by atoms with Crippen molar-refractivity contribution >= 4 is 23.3 Å². The van der Waals surface area contributed by atoms with Crippen LogP contribution in [0, 0.1) is 6.92 Å². The van der Waals surface area contributed by atoms with Crippen LogP contribution in [0.5, 0.6) is 0 Å². The lowest BCUT2D eigenvalue weighted by Crippen LogP contribution is -2.38. The zero-order chi connectivity index (χ0) is 19.8. The Labute approximate surface area is 164 Å². The number of hydrogen-bond donors (Lipinski definition) is 3. The molecule has 5 N–H and O–H groups in total. The van der Waals surface area contributed by atoms with Gasteiger partial charge in [0.05, 0.1) is 17.9 Å². The van der Waals surface area contributed by atoms with Crippen LogP contribution in [0.1, 0.15) is 49.3 Å². The summed E-state index contributed by atoms with van der Waals surface area (Å²) in [5.41, 5.74) is 16.4. The summed E-state index contributed by atoms with van der Waals surface area (Å²) >= 11 is 0. The van der Waals surface area contributed by atoms with E-state index in [2.05, 4.69) is 62.9 Å². The van der Waals surface area contributed by atoms with Crippen molar-refractivity contribution in [3.63, 3.8) is 0 Å². The van der Waals surface area contributed by atoms with Gasteiger partial charge in [0.15, 0.2) is 11.6 Å². The number of aryl methyl sites for hydroxylation is 1. The van der Waals surface area contributed by atoms with Gasteiger partial charge in [-0.1, -0.05) is 37.3 Å². The van der Waals surface area contributed by atoms with Gasteiger partial charge in [-0.3, -0.25) is 5.10 Å². The molecule has 1 aliphatic rings. The SMILES string of the molecule is CCCN1c2nc(N)nc(N)c2N([C@@H](C)c2ccccc2)C1c1[nH]ncc1C. The number of aromatic nitrogens is 4. The predicted octanol–water partition coefficient (Wildman–Crippen LogP) is 3.17. The van der Waals surface area contributed by atoms with Crippen molar-refractivity contribution in [3.05, 3.63) is 53.3 Å². The third kappa shape index (κ3) is 2.81. The van der Waals surface area contributed by atoms with Crippen molar-refractivity contribution in [1.82, 2.24) is 20.2 Å². The highest BCUT2D eigenvalue weighted by molar-refractivity contribution is 5.84. The maximum atomic E-state index is 6.37. The summed E-state index contributed by atoms with van der Waals surface area (Å²) in [6.07, 6.45) is 2.68. The number of aromatic amines is 1. The third-order valence-corrected chi connectivity index (χ3v) is 5.29. The third-order valence-electron chi connectivity index (χ3n) is 5.29. The molecule has 8 heteroatoms. The number of H-pyrrole nitrogens is 1. The molecule has 0 spiro atoms. The van der Waals surface area contributed by atoms with E-state index in [4.69, 9.17) is 11.5 Å². The van der Waals surface area contributed by atoms with E-state index in [9.17, 15) is 0 Å². The molecule has 1 aliphatic heterocycles. The summed E-state index contributed by atoms with van der Waals surface area (Å²) in [6, 6.07) is 10.4. The Kier molecular flexibility index (Phi) is 4.54. The van der Waals surface area contributed by atoms with Gasteiger partial charge in [-0.05, 0) is 31.4 Å². The molecule has 0 aliphatic carbocycles. The van der Waals surface area contributed by atoms with E-state index in [1.165, 1.54) is 5.56 Å². The highest BCUT2D eigenvalue weighted by atomic mass is 15.5. The Bertz CT molecular complexity index is 968. The number of rotatable bonds is 5. The largest absolute Gasteiger partial charge is 0.382 e. The van der Waals surface area contributed by atoms with E-state index in [1.54, 1.807) is 0 Å². The Morgan fingerprint density at radius 3 is 2.57 bits per heavy atom. The van der Waals surface area contributed by atoms with Gasteiger partial charge in [-0.15, -0.1) is 0 Å². The topological polar surface area (TPSA) is 113 Å². The lowest BCUT2D eigenvalue weighted by molar-refractivity contribution is 0.535. The minimum atomic E-state index is -0.119. The van der Waals surface area contributed by atoms with Gasteiger partial charge >= 0.3 is 0 Å². The van der Waals surface area contributed by atoms with Crippen LogP contribution in [0.4, 0.5) is 23.3 Å². The average Bonchev–Trinajstić information content (AvgIpc) is 3.23. The summed E-state index contributed by atoms with van der Waals surface area (Å²) in [5, 5.41) is 7.45. The van der Waals surface area contributed by atoms with Gasteiger partial charge in [0, 0.05) is 6.54 Å². The molecule has 2 atom stereocenters. The molecule has 0 radical (unpaired) electrons. The average molecular weight is 378 g/mol. The van der Waals surface area contributed by atoms with Gasteiger partial charge in [-0.25, -0.2) is 0 Å². The summed E-state index contributed by atoms with van der Waals surface area (Å²) in [4.78, 5) is 13.3. The van der Waals surface area contributed by atoms with E-state index in [0.717, 1.165) is 35.7 Å². The van der Waals surface area contributed by atoms with Gasteiger partial charge in [0.2, 0.25) is 5.95 Å². The normalized spacial score (nSPS) is 17.0. The first kappa shape index (κ1) is 18.1. The monoisotopic (exact) mass is 378 g/mol. The van der Waals surface area contributed by atoms with Crippen LogP contribution < -0.4 is 21.3 Å². The fourth-order valence-corrected chi connectivity index (χ4v) is 3.99. The Hall–Kier alpha value is -3.29. The van der Waals surface area contributed by atoms with Crippen LogP contribution in [0.3, 0.4) is 0 Å². The fourth-order valence-electron chi connectivity index (χ4n) is 3.99. The smallest absolute Gasteiger partial charge is 0.224 e. The number of nitrogens with two attached hydrogens (primary N) is 2. The molecule has 3 aromatic rings. The van der Waals surface area contributed by atoms with E-state index < -0.39 is 0 Å². The predicted molar refractivity (Wildman–Crippen MR) is 112 cm³/mol. The number of nitrogen functional groups attached to an aromatic ring is 2. The molecule has 0 bridgehead atoms. The number of anilines is 4. The van der Waals surface area contributed by atoms with Crippen molar-refractivity contribution in [1.29, 1.82) is 0 Å². The molecule has 146 valence electrons. The van der Waals surface area contributed by atoms with Crippen molar-refractivity contribution in [2.45, 2.75) is 39.4 Å². The lowest BCUT2D eigenvalue weighted by atomic mass is 10.0. The quantitative estimate of drug-likeness (QED) is 0.625. The fraction of sp³-hybridized carbons (Fsp3) is 0.350. The lowest BCUT2D eigenvalue weighted by Gasteiger charge is -2.36. The highest BCUT2D eigenvalue weighted by Crippen LogP contribution is 2.51. The van der Waals surface area contributed by atoms with E-state index in [-0.39, 0.29) is 18.2 Å². The van der Waals surface area contributed by atoms with E-state index >= 15 is 0 Å². The zero-order valence-corrected chi connectivity index (χ0v) is 16.4. The Morgan fingerprint density at radius 2 is 1.93 bits per heavy atom. The first-order valence-corrected chi connectivity index (χ1v) is 9.55. The molecular formula is C20H26N8. The molecule has 28 heavy (non-hydrogen) atoms. The first-order chi connectivity index (χ1) is 13.5. The standard InChI is InChI=1S/C20H26N8/c1-4-10-27-18-16(17(21)24-20(22)25-18)28(13(3)14-8-6-5-7-9-14)19(27)15-12(2)11-23-26-15/h5-9,11,13,19H,4,10H2,1-3H3,(H,23,26)(H4,21,22,24,25)/t13-,19?/m0/s1. The number of nitrogens with one attached hydrogen (secondary N) is 1. The van der Waals surface area contributed by atoms with Crippen molar-refractivity contribution < 1.29 is 0 Å². The number of hydrogen-bond acceptors (Lipinski definition) is 7. The maximum absolute atomic E-state index is 6.37. The molecule has 1 unspecified atom stereocenters. The van der Waals surface area contributed by atoms with Gasteiger partial charge in [0.1, 0.15) is 11.9 Å². The van der Waals surface area contributed by atoms with Crippen LogP contribution in [-0.4, -0.2) is 26.7 Å². The molecule has 1 aromatic carbocycles. The van der Waals surface area contributed by atoms with Crippen LogP contribution in [0.25, 0.3) is 0 Å². The van der Waals surface area contributed by atoms with Crippen LogP contribution in [0.15, 0.2) is 36.5 Å². The maximum Gasteiger partial charge on any atom is 0.224 e. The molecule has 2 aromatic heterocycles. The van der Waals surface area contributed by atoms with Crippen molar-refractivity contribution in [2.75, 3.05) is 27.8 Å². The van der Waals surface area contributed by atoms with Gasteiger partial charge < -0.3 is 21.3 Å². The summed E-state index contributed by atoms with van der Waals surface area (Å²) in [6.45, 7) is 7.18. The minimum Gasteiger partial charge on any atom is -0.382 e.